The molecule has 0 radical (unpaired) electrons. The average molecular weight is 359 g/mol. The van der Waals surface area contributed by atoms with Crippen molar-refractivity contribution in [1.29, 1.82) is 0 Å². The average Bonchev–Trinajstić information content (AvgIpc) is 3.40. The smallest absolute Gasteiger partial charge is 0.305 e. The van der Waals surface area contributed by atoms with Gasteiger partial charge in [-0.1, -0.05) is 24.3 Å². The first-order valence-electron chi connectivity index (χ1n) is 8.34. The van der Waals surface area contributed by atoms with Crippen LogP contribution in [-0.4, -0.2) is 15.5 Å². The zero-order valence-corrected chi connectivity index (χ0v) is 13.8. The molecule has 0 spiro atoms. The molecule has 1 N–H and O–H groups in total. The molecule has 1 aliphatic rings. The SMILES string of the molecule is O=C(Nc1nc2ccccc2n1Cc1cccc(C(F)(F)F)c1)C1CC1. The zero-order valence-electron chi connectivity index (χ0n) is 13.8. The van der Waals surface area contributed by atoms with Crippen LogP contribution in [0.5, 0.6) is 0 Å². The van der Waals surface area contributed by atoms with Gasteiger partial charge >= 0.3 is 6.18 Å². The van der Waals surface area contributed by atoms with E-state index in [1.165, 1.54) is 6.07 Å². The highest BCUT2D eigenvalue weighted by atomic mass is 19.4. The third-order valence-electron chi connectivity index (χ3n) is 4.43. The number of amides is 1. The van der Waals surface area contributed by atoms with Gasteiger partial charge in [0.05, 0.1) is 23.1 Å². The van der Waals surface area contributed by atoms with Crippen molar-refractivity contribution in [3.05, 3.63) is 59.7 Å². The van der Waals surface area contributed by atoms with Crippen LogP contribution in [0.1, 0.15) is 24.0 Å². The molecular formula is C19H16F3N3O. The van der Waals surface area contributed by atoms with Crippen LogP contribution in [0.25, 0.3) is 11.0 Å². The van der Waals surface area contributed by atoms with Crippen LogP contribution in [-0.2, 0) is 17.5 Å². The van der Waals surface area contributed by atoms with Gasteiger partial charge in [0.2, 0.25) is 11.9 Å². The lowest BCUT2D eigenvalue weighted by Gasteiger charge is -2.12. The molecule has 1 aliphatic carbocycles. The molecule has 1 amide bonds. The summed E-state index contributed by atoms with van der Waals surface area (Å²) in [5, 5.41) is 2.82. The summed E-state index contributed by atoms with van der Waals surface area (Å²) in [4.78, 5) is 16.6. The maximum Gasteiger partial charge on any atom is 0.416 e. The first-order valence-corrected chi connectivity index (χ1v) is 8.34. The van der Waals surface area contributed by atoms with Crippen molar-refractivity contribution in [1.82, 2.24) is 9.55 Å². The van der Waals surface area contributed by atoms with Gasteiger partial charge < -0.3 is 4.57 Å². The summed E-state index contributed by atoms with van der Waals surface area (Å²) in [5.41, 5.74) is 1.24. The standard InChI is InChI=1S/C19H16F3N3O/c20-19(21,22)14-5-3-4-12(10-14)11-25-16-7-2-1-6-15(16)23-18(25)24-17(26)13-8-9-13/h1-7,10,13H,8-9,11H2,(H,23,24,26). The van der Waals surface area contributed by atoms with Gasteiger partial charge in [-0.25, -0.2) is 4.98 Å². The minimum absolute atomic E-state index is 0.0109. The largest absolute Gasteiger partial charge is 0.416 e. The Hall–Kier alpha value is -2.83. The summed E-state index contributed by atoms with van der Waals surface area (Å²) in [5.74, 6) is 0.280. The second-order valence-corrected chi connectivity index (χ2v) is 6.47. The van der Waals surface area contributed by atoms with Crippen molar-refractivity contribution in [3.8, 4) is 0 Å². The van der Waals surface area contributed by atoms with Gasteiger partial charge in [-0.05, 0) is 42.7 Å². The van der Waals surface area contributed by atoms with E-state index >= 15 is 0 Å². The lowest BCUT2D eigenvalue weighted by molar-refractivity contribution is -0.137. The van der Waals surface area contributed by atoms with Crippen LogP contribution >= 0.6 is 0 Å². The lowest BCUT2D eigenvalue weighted by Crippen LogP contribution is -2.17. The molecular weight excluding hydrogens is 343 g/mol. The van der Waals surface area contributed by atoms with E-state index in [-0.39, 0.29) is 18.4 Å². The number of aromatic nitrogens is 2. The molecule has 2 aromatic carbocycles. The van der Waals surface area contributed by atoms with Crippen molar-refractivity contribution in [2.75, 3.05) is 5.32 Å². The van der Waals surface area contributed by atoms with Crippen molar-refractivity contribution in [2.45, 2.75) is 25.6 Å². The summed E-state index contributed by atoms with van der Waals surface area (Å²) >= 11 is 0. The number of carbonyl (C=O) groups excluding carboxylic acids is 1. The van der Waals surface area contributed by atoms with Gasteiger partial charge in [0, 0.05) is 5.92 Å². The van der Waals surface area contributed by atoms with Crippen LogP contribution in [0.15, 0.2) is 48.5 Å². The van der Waals surface area contributed by atoms with Crippen LogP contribution in [0.4, 0.5) is 19.1 Å². The number of para-hydroxylation sites is 2. The number of nitrogens with zero attached hydrogens (tertiary/aromatic N) is 2. The third kappa shape index (κ3) is 3.29. The molecule has 134 valence electrons. The molecule has 1 fully saturated rings. The summed E-state index contributed by atoms with van der Waals surface area (Å²) in [6.07, 6.45) is -2.67. The number of hydrogen-bond donors (Lipinski definition) is 1. The van der Waals surface area contributed by atoms with E-state index in [2.05, 4.69) is 10.3 Å². The molecule has 3 aromatic rings. The Morgan fingerprint density at radius 3 is 2.65 bits per heavy atom. The highest BCUT2D eigenvalue weighted by Crippen LogP contribution is 2.32. The van der Waals surface area contributed by atoms with E-state index in [9.17, 15) is 18.0 Å². The maximum absolute atomic E-state index is 13.0. The Morgan fingerprint density at radius 2 is 1.92 bits per heavy atom. The van der Waals surface area contributed by atoms with Crippen LogP contribution in [0.2, 0.25) is 0 Å². The van der Waals surface area contributed by atoms with Gasteiger partial charge in [0.15, 0.2) is 0 Å². The van der Waals surface area contributed by atoms with Gasteiger partial charge in [-0.2, -0.15) is 13.2 Å². The second kappa shape index (κ2) is 6.16. The van der Waals surface area contributed by atoms with Crippen molar-refractivity contribution in [2.24, 2.45) is 5.92 Å². The summed E-state index contributed by atoms with van der Waals surface area (Å²) < 4.78 is 40.7. The summed E-state index contributed by atoms with van der Waals surface area (Å²) in [6.45, 7) is 0.185. The van der Waals surface area contributed by atoms with E-state index in [0.717, 1.165) is 30.5 Å². The molecule has 1 aromatic heterocycles. The second-order valence-electron chi connectivity index (χ2n) is 6.47. The Morgan fingerprint density at radius 1 is 1.15 bits per heavy atom. The summed E-state index contributed by atoms with van der Waals surface area (Å²) in [6, 6.07) is 12.5. The first kappa shape index (κ1) is 16.6. The highest BCUT2D eigenvalue weighted by molar-refractivity contribution is 5.94. The van der Waals surface area contributed by atoms with E-state index in [1.807, 2.05) is 24.3 Å². The molecule has 1 saturated carbocycles. The van der Waals surface area contributed by atoms with E-state index in [0.29, 0.717) is 17.0 Å². The lowest BCUT2D eigenvalue weighted by atomic mass is 10.1. The molecule has 1 heterocycles. The van der Waals surface area contributed by atoms with E-state index in [1.54, 1.807) is 10.6 Å². The number of rotatable bonds is 4. The third-order valence-corrected chi connectivity index (χ3v) is 4.43. The topological polar surface area (TPSA) is 46.9 Å². The Labute approximate surface area is 147 Å². The Bertz CT molecular complexity index is 974. The molecule has 4 nitrogen and oxygen atoms in total. The number of nitrogens with one attached hydrogen (secondary N) is 1. The van der Waals surface area contributed by atoms with Crippen molar-refractivity contribution >= 4 is 22.9 Å². The molecule has 0 aliphatic heterocycles. The van der Waals surface area contributed by atoms with Gasteiger partial charge in [0.1, 0.15) is 0 Å². The fourth-order valence-corrected chi connectivity index (χ4v) is 2.92. The monoisotopic (exact) mass is 359 g/mol. The highest BCUT2D eigenvalue weighted by Gasteiger charge is 2.31. The predicted octanol–water partition coefficient (Wildman–Crippen LogP) is 4.45. The van der Waals surface area contributed by atoms with Crippen LogP contribution in [0.3, 0.4) is 0 Å². The molecule has 0 unspecified atom stereocenters. The van der Waals surface area contributed by atoms with Crippen LogP contribution < -0.4 is 5.32 Å². The number of hydrogen-bond acceptors (Lipinski definition) is 2. The quantitative estimate of drug-likeness (QED) is 0.748. The van der Waals surface area contributed by atoms with Crippen molar-refractivity contribution < 1.29 is 18.0 Å². The van der Waals surface area contributed by atoms with Gasteiger partial charge in [-0.3, -0.25) is 10.1 Å². The van der Waals surface area contributed by atoms with Crippen LogP contribution in [0, 0.1) is 5.92 Å². The fraction of sp³-hybridized carbons (Fsp3) is 0.263. The number of anilines is 1. The molecule has 7 heteroatoms. The number of carbonyl (C=O) groups is 1. The first-order chi connectivity index (χ1) is 12.4. The zero-order chi connectivity index (χ0) is 18.3. The molecule has 0 bridgehead atoms. The normalized spacial score (nSPS) is 14.6. The number of halogens is 3. The van der Waals surface area contributed by atoms with Gasteiger partial charge in [0.25, 0.3) is 0 Å². The Kier molecular flexibility index (Phi) is 3.94. The molecule has 0 saturated heterocycles. The molecule has 4 rings (SSSR count). The number of benzene rings is 2. The Balaban J connectivity index is 1.71. The minimum Gasteiger partial charge on any atom is -0.305 e. The number of alkyl halides is 3. The molecule has 26 heavy (non-hydrogen) atoms. The predicted molar refractivity (Wildman–Crippen MR) is 91.6 cm³/mol. The minimum atomic E-state index is -4.39. The van der Waals surface area contributed by atoms with Crippen molar-refractivity contribution in [3.63, 3.8) is 0 Å². The maximum atomic E-state index is 13.0. The van der Waals surface area contributed by atoms with E-state index in [4.69, 9.17) is 0 Å². The fourth-order valence-electron chi connectivity index (χ4n) is 2.92. The number of imidazole rings is 1. The van der Waals surface area contributed by atoms with Gasteiger partial charge in [-0.15, -0.1) is 0 Å². The van der Waals surface area contributed by atoms with E-state index < -0.39 is 11.7 Å². The summed E-state index contributed by atoms with van der Waals surface area (Å²) in [7, 11) is 0. The number of fused-ring (bicyclic) bond motifs is 1. The molecule has 0 atom stereocenters.